The lowest BCUT2D eigenvalue weighted by atomic mass is 10.0. The van der Waals surface area contributed by atoms with Crippen molar-refractivity contribution in [2.75, 3.05) is 26.2 Å². The van der Waals surface area contributed by atoms with Crippen LogP contribution < -0.4 is 5.32 Å². The molecule has 0 heterocycles. The van der Waals surface area contributed by atoms with Crippen molar-refractivity contribution in [3.63, 3.8) is 0 Å². The molecule has 15 heavy (non-hydrogen) atoms. The van der Waals surface area contributed by atoms with Gasteiger partial charge in [0.1, 0.15) is 0 Å². The Labute approximate surface area is 95.4 Å². The van der Waals surface area contributed by atoms with Crippen molar-refractivity contribution in [1.29, 1.82) is 0 Å². The molecule has 1 fully saturated rings. The van der Waals surface area contributed by atoms with Crippen LogP contribution in [0, 0.1) is 5.92 Å². The van der Waals surface area contributed by atoms with Crippen LogP contribution in [0.3, 0.4) is 0 Å². The quantitative estimate of drug-likeness (QED) is 0.665. The fourth-order valence-corrected chi connectivity index (χ4v) is 1.72. The highest BCUT2D eigenvalue weighted by atomic mass is 15.1. The molecule has 1 N–H and O–H groups in total. The topological polar surface area (TPSA) is 15.3 Å². The standard InChI is InChI=1S/C13H28N2/c1-5-13(3,4)14-9-10-15(6-2)11-12-7-8-12/h12,14H,5-11H2,1-4H3. The summed E-state index contributed by atoms with van der Waals surface area (Å²) in [7, 11) is 0. The molecule has 0 bridgehead atoms. The maximum absolute atomic E-state index is 3.63. The van der Waals surface area contributed by atoms with Gasteiger partial charge in [-0.05, 0) is 45.6 Å². The van der Waals surface area contributed by atoms with Gasteiger partial charge in [-0.1, -0.05) is 13.8 Å². The molecule has 0 radical (unpaired) electrons. The molecule has 1 aliphatic carbocycles. The van der Waals surface area contributed by atoms with E-state index in [2.05, 4.69) is 37.9 Å². The van der Waals surface area contributed by atoms with E-state index in [1.54, 1.807) is 0 Å². The van der Waals surface area contributed by atoms with Crippen molar-refractivity contribution < 1.29 is 0 Å². The average molecular weight is 212 g/mol. The molecular weight excluding hydrogens is 184 g/mol. The molecular formula is C13H28N2. The molecule has 0 saturated heterocycles. The van der Waals surface area contributed by atoms with E-state index in [4.69, 9.17) is 0 Å². The lowest BCUT2D eigenvalue weighted by Crippen LogP contribution is -2.43. The molecule has 2 nitrogen and oxygen atoms in total. The summed E-state index contributed by atoms with van der Waals surface area (Å²) >= 11 is 0. The van der Waals surface area contributed by atoms with Gasteiger partial charge < -0.3 is 10.2 Å². The summed E-state index contributed by atoms with van der Waals surface area (Å²) in [6.07, 6.45) is 4.12. The van der Waals surface area contributed by atoms with Crippen molar-refractivity contribution in [2.45, 2.75) is 52.5 Å². The van der Waals surface area contributed by atoms with Crippen LogP contribution in [0.5, 0.6) is 0 Å². The minimum atomic E-state index is 0.305. The fourth-order valence-electron chi connectivity index (χ4n) is 1.72. The summed E-state index contributed by atoms with van der Waals surface area (Å²) in [5, 5.41) is 3.63. The Hall–Kier alpha value is -0.0800. The molecule has 0 aromatic heterocycles. The number of likely N-dealkylation sites (N-methyl/N-ethyl adjacent to an activating group) is 1. The van der Waals surface area contributed by atoms with E-state index in [1.807, 2.05) is 0 Å². The molecule has 2 heteroatoms. The first-order valence-electron chi connectivity index (χ1n) is 6.54. The van der Waals surface area contributed by atoms with Gasteiger partial charge in [0.15, 0.2) is 0 Å². The lowest BCUT2D eigenvalue weighted by Gasteiger charge is -2.27. The highest BCUT2D eigenvalue weighted by Gasteiger charge is 2.23. The van der Waals surface area contributed by atoms with E-state index in [-0.39, 0.29) is 0 Å². The van der Waals surface area contributed by atoms with Crippen LogP contribution in [-0.2, 0) is 0 Å². The van der Waals surface area contributed by atoms with E-state index in [1.165, 1.54) is 38.9 Å². The molecule has 0 atom stereocenters. The molecule has 0 aliphatic heterocycles. The highest BCUT2D eigenvalue weighted by Crippen LogP contribution is 2.29. The van der Waals surface area contributed by atoms with Crippen LogP contribution in [0.2, 0.25) is 0 Å². The van der Waals surface area contributed by atoms with Gasteiger partial charge >= 0.3 is 0 Å². The monoisotopic (exact) mass is 212 g/mol. The van der Waals surface area contributed by atoms with E-state index < -0.39 is 0 Å². The Morgan fingerprint density at radius 1 is 1.27 bits per heavy atom. The normalized spacial score (nSPS) is 17.4. The van der Waals surface area contributed by atoms with Gasteiger partial charge in [-0.2, -0.15) is 0 Å². The molecule has 0 aromatic rings. The van der Waals surface area contributed by atoms with Crippen molar-refractivity contribution in [1.82, 2.24) is 10.2 Å². The number of hydrogen-bond donors (Lipinski definition) is 1. The Morgan fingerprint density at radius 3 is 2.40 bits per heavy atom. The predicted octanol–water partition coefficient (Wildman–Crippen LogP) is 2.50. The van der Waals surface area contributed by atoms with E-state index in [9.17, 15) is 0 Å². The maximum Gasteiger partial charge on any atom is 0.0123 e. The summed E-state index contributed by atoms with van der Waals surface area (Å²) < 4.78 is 0. The van der Waals surface area contributed by atoms with Crippen LogP contribution in [0.4, 0.5) is 0 Å². The summed E-state index contributed by atoms with van der Waals surface area (Å²) in [4.78, 5) is 2.58. The largest absolute Gasteiger partial charge is 0.311 e. The third-order valence-electron chi connectivity index (χ3n) is 3.58. The molecule has 0 unspecified atom stereocenters. The fraction of sp³-hybridized carbons (Fsp3) is 1.00. The number of nitrogens with zero attached hydrogens (tertiary/aromatic N) is 1. The Bertz CT molecular complexity index is 173. The number of hydrogen-bond acceptors (Lipinski definition) is 2. The van der Waals surface area contributed by atoms with Gasteiger partial charge in [0.05, 0.1) is 0 Å². The van der Waals surface area contributed by atoms with Crippen LogP contribution in [-0.4, -0.2) is 36.6 Å². The second kappa shape index (κ2) is 5.86. The zero-order chi connectivity index (χ0) is 11.3. The summed E-state index contributed by atoms with van der Waals surface area (Å²) in [5.74, 6) is 1.02. The number of nitrogens with one attached hydrogen (secondary N) is 1. The smallest absolute Gasteiger partial charge is 0.0123 e. The second-order valence-electron chi connectivity index (χ2n) is 5.50. The summed E-state index contributed by atoms with van der Waals surface area (Å²) in [6.45, 7) is 13.9. The molecule has 1 aliphatic rings. The predicted molar refractivity (Wildman–Crippen MR) is 67.2 cm³/mol. The summed E-state index contributed by atoms with van der Waals surface area (Å²) in [6, 6.07) is 0. The maximum atomic E-state index is 3.63. The lowest BCUT2D eigenvalue weighted by molar-refractivity contribution is 0.258. The molecule has 0 aromatic carbocycles. The molecule has 1 rings (SSSR count). The second-order valence-corrected chi connectivity index (χ2v) is 5.50. The Morgan fingerprint density at radius 2 is 1.93 bits per heavy atom. The van der Waals surface area contributed by atoms with Crippen molar-refractivity contribution in [2.24, 2.45) is 5.92 Å². The Kier molecular flexibility index (Phi) is 5.07. The summed E-state index contributed by atoms with van der Waals surface area (Å²) in [5.41, 5.74) is 0.305. The van der Waals surface area contributed by atoms with Crippen molar-refractivity contribution in [3.05, 3.63) is 0 Å². The minimum Gasteiger partial charge on any atom is -0.311 e. The van der Waals surface area contributed by atoms with Gasteiger partial charge in [-0.15, -0.1) is 0 Å². The number of rotatable bonds is 8. The first kappa shape index (κ1) is 13.0. The molecule has 1 saturated carbocycles. The van der Waals surface area contributed by atoms with Crippen molar-refractivity contribution >= 4 is 0 Å². The van der Waals surface area contributed by atoms with E-state index >= 15 is 0 Å². The minimum absolute atomic E-state index is 0.305. The van der Waals surface area contributed by atoms with Crippen LogP contribution in [0.15, 0.2) is 0 Å². The van der Waals surface area contributed by atoms with Crippen LogP contribution in [0.1, 0.15) is 47.0 Å². The van der Waals surface area contributed by atoms with Gasteiger partial charge in [0.2, 0.25) is 0 Å². The zero-order valence-corrected chi connectivity index (χ0v) is 11.0. The highest BCUT2D eigenvalue weighted by molar-refractivity contribution is 4.79. The molecule has 0 spiro atoms. The SMILES string of the molecule is CCN(CCNC(C)(C)CC)CC1CC1. The van der Waals surface area contributed by atoms with Crippen LogP contribution in [0.25, 0.3) is 0 Å². The van der Waals surface area contributed by atoms with Crippen molar-refractivity contribution in [3.8, 4) is 0 Å². The molecule has 90 valence electrons. The average Bonchev–Trinajstić information content (AvgIpc) is 3.00. The first-order valence-corrected chi connectivity index (χ1v) is 6.54. The Balaban J connectivity index is 2.10. The van der Waals surface area contributed by atoms with Gasteiger partial charge in [0, 0.05) is 25.2 Å². The molecule has 0 amide bonds. The van der Waals surface area contributed by atoms with Gasteiger partial charge in [-0.25, -0.2) is 0 Å². The first-order chi connectivity index (χ1) is 7.07. The third-order valence-corrected chi connectivity index (χ3v) is 3.58. The van der Waals surface area contributed by atoms with E-state index in [0.29, 0.717) is 5.54 Å². The zero-order valence-electron chi connectivity index (χ0n) is 11.0. The third kappa shape index (κ3) is 5.53. The van der Waals surface area contributed by atoms with E-state index in [0.717, 1.165) is 12.5 Å². The van der Waals surface area contributed by atoms with Gasteiger partial charge in [0.25, 0.3) is 0 Å². The van der Waals surface area contributed by atoms with Crippen LogP contribution >= 0.6 is 0 Å². The van der Waals surface area contributed by atoms with Gasteiger partial charge in [-0.3, -0.25) is 0 Å².